The van der Waals surface area contributed by atoms with Crippen LogP contribution < -0.4 is 0 Å². The Balaban J connectivity index is 2.76. The number of rotatable bonds is 6. The molecule has 0 saturated heterocycles. The largest absolute Gasteiger partial charge is 0.460 e. The van der Waals surface area contributed by atoms with Gasteiger partial charge in [0.1, 0.15) is 5.76 Å². The Morgan fingerprint density at radius 2 is 2.00 bits per heavy atom. The Morgan fingerprint density at radius 3 is 2.53 bits per heavy atom. The highest BCUT2D eigenvalue weighted by Gasteiger charge is 2.19. The number of nitrogens with zero attached hydrogens (tertiary/aromatic N) is 1. The fourth-order valence-corrected chi connectivity index (χ4v) is 1.84. The zero-order valence-corrected chi connectivity index (χ0v) is 11.0. The predicted octanol–water partition coefficient (Wildman–Crippen LogP) is 2.86. The van der Waals surface area contributed by atoms with Gasteiger partial charge in [-0.25, -0.2) is 4.79 Å². The van der Waals surface area contributed by atoms with Crippen LogP contribution in [0.15, 0.2) is 16.5 Å². The van der Waals surface area contributed by atoms with E-state index in [-0.39, 0.29) is 11.8 Å². The lowest BCUT2D eigenvalue weighted by atomic mass is 10.2. The number of esters is 1. The van der Waals surface area contributed by atoms with Gasteiger partial charge in [0.05, 0.1) is 12.6 Å². The third kappa shape index (κ3) is 3.33. The molecule has 4 nitrogen and oxygen atoms in total. The lowest BCUT2D eigenvalue weighted by molar-refractivity contribution is 0.0484. The molecular weight excluding hydrogens is 218 g/mol. The van der Waals surface area contributed by atoms with E-state index in [4.69, 9.17) is 9.15 Å². The third-order valence-corrected chi connectivity index (χ3v) is 2.88. The maximum absolute atomic E-state index is 11.5. The van der Waals surface area contributed by atoms with Crippen LogP contribution in [0.4, 0.5) is 0 Å². The molecule has 0 aliphatic heterocycles. The van der Waals surface area contributed by atoms with E-state index < -0.39 is 5.97 Å². The van der Waals surface area contributed by atoms with Crippen molar-refractivity contribution in [2.75, 3.05) is 19.7 Å². The van der Waals surface area contributed by atoms with E-state index in [2.05, 4.69) is 25.7 Å². The van der Waals surface area contributed by atoms with Crippen molar-refractivity contribution in [3.05, 3.63) is 23.7 Å². The van der Waals surface area contributed by atoms with E-state index in [9.17, 15) is 4.79 Å². The fraction of sp³-hybridized carbons (Fsp3) is 0.615. The zero-order chi connectivity index (χ0) is 12.8. The van der Waals surface area contributed by atoms with E-state index in [1.54, 1.807) is 13.0 Å². The van der Waals surface area contributed by atoms with Crippen LogP contribution in [0.5, 0.6) is 0 Å². The molecule has 0 aliphatic carbocycles. The van der Waals surface area contributed by atoms with Crippen LogP contribution in [0.1, 0.15) is 50.1 Å². The van der Waals surface area contributed by atoms with Gasteiger partial charge in [-0.1, -0.05) is 13.8 Å². The number of furan rings is 1. The summed E-state index contributed by atoms with van der Waals surface area (Å²) >= 11 is 0. The summed E-state index contributed by atoms with van der Waals surface area (Å²) < 4.78 is 10.4. The van der Waals surface area contributed by atoms with Crippen LogP contribution in [0.25, 0.3) is 0 Å². The molecule has 0 fully saturated rings. The van der Waals surface area contributed by atoms with Crippen molar-refractivity contribution < 1.29 is 13.9 Å². The minimum absolute atomic E-state index is 0.174. The molecule has 1 atom stereocenters. The highest BCUT2D eigenvalue weighted by Crippen LogP contribution is 2.22. The van der Waals surface area contributed by atoms with Crippen molar-refractivity contribution in [1.82, 2.24) is 4.90 Å². The molecule has 0 bridgehead atoms. The molecule has 0 radical (unpaired) electrons. The highest BCUT2D eigenvalue weighted by atomic mass is 16.5. The van der Waals surface area contributed by atoms with Gasteiger partial charge in [-0.2, -0.15) is 0 Å². The molecule has 0 aliphatic rings. The van der Waals surface area contributed by atoms with Crippen molar-refractivity contribution in [3.8, 4) is 0 Å². The van der Waals surface area contributed by atoms with Gasteiger partial charge in [-0.05, 0) is 39.1 Å². The summed E-state index contributed by atoms with van der Waals surface area (Å²) in [5.74, 6) is 0.683. The van der Waals surface area contributed by atoms with Crippen molar-refractivity contribution in [2.45, 2.75) is 33.7 Å². The highest BCUT2D eigenvalue weighted by molar-refractivity contribution is 5.86. The summed E-state index contributed by atoms with van der Waals surface area (Å²) in [5.41, 5.74) is 0. The molecule has 96 valence electrons. The van der Waals surface area contributed by atoms with Gasteiger partial charge in [0, 0.05) is 0 Å². The van der Waals surface area contributed by atoms with Gasteiger partial charge in [0.25, 0.3) is 0 Å². The van der Waals surface area contributed by atoms with E-state index in [1.165, 1.54) is 0 Å². The number of hydrogen-bond donors (Lipinski definition) is 0. The molecule has 0 saturated carbocycles. The van der Waals surface area contributed by atoms with Crippen LogP contribution in [0.2, 0.25) is 0 Å². The van der Waals surface area contributed by atoms with Crippen molar-refractivity contribution >= 4 is 5.97 Å². The SMILES string of the molecule is CCOC(=O)c1ccc(C(C)N(CC)CC)o1. The summed E-state index contributed by atoms with van der Waals surface area (Å²) in [4.78, 5) is 13.7. The number of carbonyl (C=O) groups excluding carboxylic acids is 1. The summed E-state index contributed by atoms with van der Waals surface area (Å²) in [6.07, 6.45) is 0. The van der Waals surface area contributed by atoms with Crippen LogP contribution in [0.3, 0.4) is 0 Å². The van der Waals surface area contributed by atoms with Crippen LogP contribution in [0, 0.1) is 0 Å². The van der Waals surface area contributed by atoms with E-state index in [1.807, 2.05) is 6.07 Å². The molecule has 1 unspecified atom stereocenters. The number of hydrogen-bond acceptors (Lipinski definition) is 4. The minimum Gasteiger partial charge on any atom is -0.460 e. The second-order valence-electron chi connectivity index (χ2n) is 3.82. The Hall–Kier alpha value is -1.29. The first-order chi connectivity index (χ1) is 8.13. The fourth-order valence-electron chi connectivity index (χ4n) is 1.84. The molecule has 0 spiro atoms. The standard InChI is InChI=1S/C13H21NO3/c1-5-14(6-2)10(4)11-8-9-12(17-11)13(15)16-7-3/h8-10H,5-7H2,1-4H3. The smallest absolute Gasteiger partial charge is 0.374 e. The van der Waals surface area contributed by atoms with Crippen molar-refractivity contribution in [1.29, 1.82) is 0 Å². The summed E-state index contributed by atoms with van der Waals surface area (Å²) in [6, 6.07) is 3.69. The molecule has 0 N–H and O–H groups in total. The van der Waals surface area contributed by atoms with Crippen LogP contribution in [-0.2, 0) is 4.74 Å². The Bertz CT molecular complexity index is 355. The first kappa shape index (κ1) is 13.8. The summed E-state index contributed by atoms with van der Waals surface area (Å²) in [7, 11) is 0. The van der Waals surface area contributed by atoms with Gasteiger partial charge < -0.3 is 9.15 Å². The molecule has 0 amide bonds. The van der Waals surface area contributed by atoms with E-state index in [0.717, 1.165) is 18.8 Å². The lowest BCUT2D eigenvalue weighted by Gasteiger charge is -2.24. The second kappa shape index (κ2) is 6.45. The molecule has 0 aromatic carbocycles. The lowest BCUT2D eigenvalue weighted by Crippen LogP contribution is -2.26. The molecule has 1 aromatic heterocycles. The normalized spacial score (nSPS) is 12.8. The van der Waals surface area contributed by atoms with Crippen molar-refractivity contribution in [2.24, 2.45) is 0 Å². The molecule has 1 heterocycles. The second-order valence-corrected chi connectivity index (χ2v) is 3.82. The van der Waals surface area contributed by atoms with E-state index in [0.29, 0.717) is 6.61 Å². The zero-order valence-electron chi connectivity index (χ0n) is 11.0. The van der Waals surface area contributed by atoms with Gasteiger partial charge in [-0.15, -0.1) is 0 Å². The summed E-state index contributed by atoms with van der Waals surface area (Å²) in [6.45, 7) is 10.3. The maximum Gasteiger partial charge on any atom is 0.374 e. The minimum atomic E-state index is -0.398. The quantitative estimate of drug-likeness (QED) is 0.716. The van der Waals surface area contributed by atoms with E-state index >= 15 is 0 Å². The number of carbonyl (C=O) groups is 1. The first-order valence-corrected chi connectivity index (χ1v) is 6.14. The van der Waals surface area contributed by atoms with Gasteiger partial charge in [-0.3, -0.25) is 4.90 Å². The Labute approximate surface area is 103 Å². The van der Waals surface area contributed by atoms with Crippen LogP contribution in [-0.4, -0.2) is 30.6 Å². The van der Waals surface area contributed by atoms with Crippen molar-refractivity contribution in [3.63, 3.8) is 0 Å². The average molecular weight is 239 g/mol. The predicted molar refractivity (Wildman–Crippen MR) is 66.0 cm³/mol. The van der Waals surface area contributed by atoms with Gasteiger partial charge in [0.15, 0.2) is 0 Å². The molecular formula is C13H21NO3. The van der Waals surface area contributed by atoms with Gasteiger partial charge in [0.2, 0.25) is 5.76 Å². The maximum atomic E-state index is 11.5. The average Bonchev–Trinajstić information content (AvgIpc) is 2.80. The summed E-state index contributed by atoms with van der Waals surface area (Å²) in [5, 5.41) is 0. The van der Waals surface area contributed by atoms with Crippen LogP contribution >= 0.6 is 0 Å². The molecule has 17 heavy (non-hydrogen) atoms. The number of ether oxygens (including phenoxy) is 1. The third-order valence-electron chi connectivity index (χ3n) is 2.88. The molecule has 1 aromatic rings. The molecule has 1 rings (SSSR count). The first-order valence-electron chi connectivity index (χ1n) is 6.14. The molecule has 4 heteroatoms. The monoisotopic (exact) mass is 239 g/mol. The van der Waals surface area contributed by atoms with Gasteiger partial charge >= 0.3 is 5.97 Å². The topological polar surface area (TPSA) is 42.7 Å². The Morgan fingerprint density at radius 1 is 1.35 bits per heavy atom. The Kier molecular flexibility index (Phi) is 5.22.